The normalized spacial score (nSPS) is 15.4. The van der Waals surface area contributed by atoms with E-state index in [1.54, 1.807) is 30.3 Å². The lowest BCUT2D eigenvalue weighted by Gasteiger charge is -2.22. The quantitative estimate of drug-likeness (QED) is 0.273. The molecule has 0 N–H and O–H groups in total. The van der Waals surface area contributed by atoms with E-state index in [9.17, 15) is 19.7 Å². The van der Waals surface area contributed by atoms with Crippen LogP contribution in [0.3, 0.4) is 0 Å². The zero-order chi connectivity index (χ0) is 22.7. The zero-order valence-electron chi connectivity index (χ0n) is 16.8. The van der Waals surface area contributed by atoms with Crippen molar-refractivity contribution in [3.8, 4) is 0 Å². The molecule has 0 unspecified atom stereocenters. The third-order valence-corrected chi connectivity index (χ3v) is 7.04. The molecule has 1 atom stereocenters. The topological polar surface area (TPSA) is 107 Å². The molecule has 0 radical (unpaired) electrons. The van der Waals surface area contributed by atoms with E-state index in [4.69, 9.17) is 4.42 Å². The first-order valence-electron chi connectivity index (χ1n) is 9.54. The smallest absolute Gasteiger partial charge is 0.297 e. The molecule has 1 amide bonds. The number of fused-ring (bicyclic) bond motifs is 2. The van der Waals surface area contributed by atoms with Gasteiger partial charge in [-0.3, -0.25) is 24.6 Å². The van der Waals surface area contributed by atoms with E-state index in [2.05, 4.69) is 20.9 Å². The van der Waals surface area contributed by atoms with Crippen LogP contribution in [0.1, 0.15) is 38.3 Å². The van der Waals surface area contributed by atoms with Crippen molar-refractivity contribution in [3.63, 3.8) is 0 Å². The van der Waals surface area contributed by atoms with Crippen molar-refractivity contribution in [2.75, 3.05) is 4.90 Å². The van der Waals surface area contributed by atoms with Crippen LogP contribution in [0.4, 0.5) is 10.8 Å². The third-order valence-electron chi connectivity index (χ3n) is 5.48. The molecule has 32 heavy (non-hydrogen) atoms. The molecule has 0 aliphatic carbocycles. The van der Waals surface area contributed by atoms with Crippen molar-refractivity contribution in [3.05, 3.63) is 94.7 Å². The predicted molar refractivity (Wildman–Crippen MR) is 124 cm³/mol. The maximum Gasteiger partial charge on any atom is 0.297 e. The Kier molecular flexibility index (Phi) is 4.72. The van der Waals surface area contributed by atoms with Gasteiger partial charge in [-0.15, -0.1) is 11.3 Å². The van der Waals surface area contributed by atoms with Crippen LogP contribution in [0.2, 0.25) is 0 Å². The van der Waals surface area contributed by atoms with Gasteiger partial charge in [-0.2, -0.15) is 0 Å². The van der Waals surface area contributed by atoms with Crippen molar-refractivity contribution >= 4 is 55.0 Å². The number of carbonyl (C=O) groups excluding carboxylic acids is 1. The lowest BCUT2D eigenvalue weighted by molar-refractivity contribution is -0.384. The van der Waals surface area contributed by atoms with Gasteiger partial charge in [0.1, 0.15) is 5.58 Å². The fourth-order valence-corrected chi connectivity index (χ4v) is 5.09. The van der Waals surface area contributed by atoms with Gasteiger partial charge in [-0.1, -0.05) is 15.9 Å². The minimum atomic E-state index is -0.817. The Morgan fingerprint density at radius 1 is 1.16 bits per heavy atom. The lowest BCUT2D eigenvalue weighted by Crippen LogP contribution is -2.29. The summed E-state index contributed by atoms with van der Waals surface area (Å²) in [6, 6.07) is 10.0. The molecule has 0 bridgehead atoms. The van der Waals surface area contributed by atoms with Crippen LogP contribution in [-0.2, 0) is 0 Å². The van der Waals surface area contributed by atoms with Crippen LogP contribution in [0, 0.1) is 24.0 Å². The van der Waals surface area contributed by atoms with Gasteiger partial charge in [0, 0.05) is 21.5 Å². The number of nitrogens with zero attached hydrogens (tertiary/aromatic N) is 3. The molecular weight excluding hydrogens is 498 g/mol. The highest BCUT2D eigenvalue weighted by molar-refractivity contribution is 9.10. The van der Waals surface area contributed by atoms with Crippen molar-refractivity contribution in [2.45, 2.75) is 19.9 Å². The number of hydrogen-bond donors (Lipinski definition) is 0. The summed E-state index contributed by atoms with van der Waals surface area (Å²) in [4.78, 5) is 44.5. The summed E-state index contributed by atoms with van der Waals surface area (Å²) in [6.45, 7) is 3.75. The number of carbonyl (C=O) groups is 1. The highest BCUT2D eigenvalue weighted by atomic mass is 79.9. The molecule has 10 heteroatoms. The van der Waals surface area contributed by atoms with E-state index < -0.39 is 16.9 Å². The number of rotatable bonds is 3. The van der Waals surface area contributed by atoms with Crippen LogP contribution in [0.5, 0.6) is 0 Å². The maximum atomic E-state index is 13.5. The molecule has 0 spiro atoms. The van der Waals surface area contributed by atoms with E-state index >= 15 is 0 Å². The molecule has 0 saturated carbocycles. The fraction of sp³-hybridized carbons (Fsp3) is 0.136. The Hall–Kier alpha value is -3.37. The van der Waals surface area contributed by atoms with Crippen LogP contribution in [0.15, 0.2) is 56.1 Å². The summed E-state index contributed by atoms with van der Waals surface area (Å²) in [5.41, 5.74) is 1.42. The molecule has 4 aromatic rings. The summed E-state index contributed by atoms with van der Waals surface area (Å²) in [5.74, 6) is -0.516. The standard InChI is InChI=1S/C22H14BrN3O5S/c1-10-11(2)32-22(24-10)25-18(12-3-6-14(7-4-12)26(29)30)17-19(27)15-9-13(23)5-8-16(15)31-20(17)21(25)28/h3-9,18H,1-2H3/t18-/m1/s1. The monoisotopic (exact) mass is 511 g/mol. The number of thiazole rings is 1. The number of nitro groups is 1. The van der Waals surface area contributed by atoms with Gasteiger partial charge in [0.15, 0.2) is 10.6 Å². The largest absolute Gasteiger partial charge is 0.450 e. The Balaban J connectivity index is 1.79. The first-order chi connectivity index (χ1) is 15.3. The van der Waals surface area contributed by atoms with Gasteiger partial charge in [-0.25, -0.2) is 4.98 Å². The van der Waals surface area contributed by atoms with Gasteiger partial charge in [0.05, 0.1) is 27.6 Å². The first kappa shape index (κ1) is 20.5. The Morgan fingerprint density at radius 3 is 2.50 bits per heavy atom. The number of aromatic nitrogens is 1. The second-order valence-electron chi connectivity index (χ2n) is 7.38. The SMILES string of the molecule is Cc1nc(N2C(=O)c3oc4ccc(Br)cc4c(=O)c3[C@H]2c2ccc([N+](=O)[O-])cc2)sc1C. The molecule has 160 valence electrons. The minimum absolute atomic E-state index is 0.0429. The van der Waals surface area contributed by atoms with Gasteiger partial charge < -0.3 is 4.42 Å². The van der Waals surface area contributed by atoms with E-state index in [0.29, 0.717) is 26.1 Å². The molecule has 1 aliphatic heterocycles. The molecule has 2 aromatic carbocycles. The number of non-ortho nitro benzene ring substituents is 1. The van der Waals surface area contributed by atoms with Crippen LogP contribution >= 0.6 is 27.3 Å². The van der Waals surface area contributed by atoms with Crippen LogP contribution in [0.25, 0.3) is 11.0 Å². The molecule has 0 saturated heterocycles. The number of benzene rings is 2. The van der Waals surface area contributed by atoms with Crippen molar-refractivity contribution in [1.29, 1.82) is 0 Å². The third kappa shape index (κ3) is 3.06. The summed E-state index contributed by atoms with van der Waals surface area (Å²) in [6.07, 6.45) is 0. The highest BCUT2D eigenvalue weighted by Gasteiger charge is 2.45. The molecule has 1 aliphatic rings. The molecule has 2 aromatic heterocycles. The second-order valence-corrected chi connectivity index (χ2v) is 9.48. The first-order valence-corrected chi connectivity index (χ1v) is 11.2. The number of nitro benzene ring substituents is 1. The lowest BCUT2D eigenvalue weighted by atomic mass is 9.98. The van der Waals surface area contributed by atoms with Gasteiger partial charge in [0.25, 0.3) is 11.6 Å². The average molecular weight is 512 g/mol. The number of aryl methyl sites for hydroxylation is 2. The van der Waals surface area contributed by atoms with Crippen LogP contribution < -0.4 is 10.3 Å². The predicted octanol–water partition coefficient (Wildman–Crippen LogP) is 5.29. The minimum Gasteiger partial charge on any atom is -0.450 e. The summed E-state index contributed by atoms with van der Waals surface area (Å²) >= 11 is 4.71. The summed E-state index contributed by atoms with van der Waals surface area (Å²) in [7, 11) is 0. The van der Waals surface area contributed by atoms with Gasteiger partial charge in [-0.05, 0) is 49.7 Å². The number of hydrogen-bond acceptors (Lipinski definition) is 7. The second kappa shape index (κ2) is 7.35. The number of anilines is 1. The summed E-state index contributed by atoms with van der Waals surface area (Å²) < 4.78 is 6.62. The fourth-order valence-electron chi connectivity index (χ4n) is 3.79. The Labute approximate surface area is 193 Å². The number of halogens is 1. The van der Waals surface area contributed by atoms with Crippen LogP contribution in [-0.4, -0.2) is 15.8 Å². The summed E-state index contributed by atoms with van der Waals surface area (Å²) in [5, 5.41) is 11.9. The van der Waals surface area contributed by atoms with Crippen molar-refractivity contribution < 1.29 is 14.1 Å². The van der Waals surface area contributed by atoms with Gasteiger partial charge >= 0.3 is 0 Å². The Morgan fingerprint density at radius 2 is 1.88 bits per heavy atom. The molecular formula is C22H14BrN3O5S. The zero-order valence-corrected chi connectivity index (χ0v) is 19.2. The maximum absolute atomic E-state index is 13.5. The molecule has 8 nitrogen and oxygen atoms in total. The van der Waals surface area contributed by atoms with E-state index in [0.717, 1.165) is 10.6 Å². The number of amides is 1. The average Bonchev–Trinajstić information content (AvgIpc) is 3.25. The van der Waals surface area contributed by atoms with Crippen molar-refractivity contribution in [1.82, 2.24) is 4.98 Å². The van der Waals surface area contributed by atoms with E-state index in [1.807, 2.05) is 13.8 Å². The van der Waals surface area contributed by atoms with Gasteiger partial charge in [0.2, 0.25) is 5.76 Å². The molecule has 3 heterocycles. The Bertz CT molecular complexity index is 1470. The van der Waals surface area contributed by atoms with Crippen molar-refractivity contribution in [2.24, 2.45) is 0 Å². The highest BCUT2D eigenvalue weighted by Crippen LogP contribution is 2.43. The molecule has 5 rings (SSSR count). The molecule has 0 fully saturated rings. The van der Waals surface area contributed by atoms with E-state index in [1.165, 1.54) is 28.4 Å². The van der Waals surface area contributed by atoms with E-state index in [-0.39, 0.29) is 22.4 Å².